The number of carbonyl (C=O) groups excluding carboxylic acids is 2. The topological polar surface area (TPSA) is 84.7 Å². The maximum absolute atomic E-state index is 12.0. The van der Waals surface area contributed by atoms with E-state index < -0.39 is 0 Å². The van der Waals surface area contributed by atoms with E-state index in [1.54, 1.807) is 16.8 Å². The molecular weight excluding hydrogens is 284 g/mol. The molecule has 1 aliphatic rings. The van der Waals surface area contributed by atoms with Crippen molar-refractivity contribution in [2.24, 2.45) is 0 Å². The van der Waals surface area contributed by atoms with Crippen molar-refractivity contribution in [1.82, 2.24) is 20.2 Å². The number of carbonyl (C=O) groups is 2. The van der Waals surface area contributed by atoms with Gasteiger partial charge in [0.15, 0.2) is 5.69 Å². The maximum Gasteiger partial charge on any atom is 0.272 e. The summed E-state index contributed by atoms with van der Waals surface area (Å²) in [6.45, 7) is 1.17. The largest absolute Gasteiger partial charge is 0.376 e. The Bertz CT molecular complexity index is 643. The maximum atomic E-state index is 12.0. The van der Waals surface area contributed by atoms with Gasteiger partial charge in [0.2, 0.25) is 5.91 Å². The third-order valence-electron chi connectivity index (χ3n) is 3.56. The zero-order chi connectivity index (χ0) is 15.4. The predicted molar refractivity (Wildman–Crippen MR) is 79.5 cm³/mol. The van der Waals surface area contributed by atoms with Gasteiger partial charge in [-0.05, 0) is 31.0 Å². The van der Waals surface area contributed by atoms with Gasteiger partial charge in [0.1, 0.15) is 0 Å². The highest BCUT2D eigenvalue weighted by Crippen LogP contribution is 2.10. The van der Waals surface area contributed by atoms with E-state index in [1.165, 1.54) is 0 Å². The van der Waals surface area contributed by atoms with E-state index >= 15 is 0 Å². The van der Waals surface area contributed by atoms with Crippen molar-refractivity contribution in [3.63, 3.8) is 0 Å². The number of hydrogen-bond donors (Lipinski definition) is 2. The van der Waals surface area contributed by atoms with Crippen LogP contribution in [0, 0.1) is 0 Å². The Morgan fingerprint density at radius 1 is 1.36 bits per heavy atom. The van der Waals surface area contributed by atoms with Crippen LogP contribution in [0.4, 0.5) is 0 Å². The molecule has 3 heterocycles. The van der Waals surface area contributed by atoms with Gasteiger partial charge in [-0.25, -0.2) is 4.52 Å². The average molecular weight is 302 g/mol. The fourth-order valence-corrected chi connectivity index (χ4v) is 2.40. The van der Waals surface area contributed by atoms with Crippen LogP contribution in [-0.4, -0.2) is 47.2 Å². The molecule has 116 valence electrons. The molecule has 2 aromatic heterocycles. The van der Waals surface area contributed by atoms with Crippen LogP contribution in [0.15, 0.2) is 30.5 Å². The normalized spacial score (nSPS) is 17.5. The van der Waals surface area contributed by atoms with Gasteiger partial charge in [-0.3, -0.25) is 9.59 Å². The Morgan fingerprint density at radius 2 is 2.27 bits per heavy atom. The molecule has 7 heteroatoms. The van der Waals surface area contributed by atoms with Gasteiger partial charge in [0.25, 0.3) is 5.91 Å². The van der Waals surface area contributed by atoms with Crippen LogP contribution in [0.3, 0.4) is 0 Å². The molecule has 2 N–H and O–H groups in total. The minimum atomic E-state index is -0.365. The van der Waals surface area contributed by atoms with E-state index in [-0.39, 0.29) is 30.2 Å². The highest BCUT2D eigenvalue weighted by Gasteiger charge is 2.17. The summed E-state index contributed by atoms with van der Waals surface area (Å²) in [5.74, 6) is -0.594. The standard InChI is InChI=1S/C15H18N4O3/c20-14(16-9-12-5-3-7-22-12)10-17-15(21)13-8-11-4-1-2-6-19(11)18-13/h1-2,4,6,8,12H,3,5,7,9-10H2,(H,16,20)(H,17,21). The molecule has 2 amide bonds. The molecule has 0 aliphatic carbocycles. The van der Waals surface area contributed by atoms with Crippen LogP contribution in [-0.2, 0) is 9.53 Å². The monoisotopic (exact) mass is 302 g/mol. The first-order chi connectivity index (χ1) is 10.7. The number of aromatic nitrogens is 2. The lowest BCUT2D eigenvalue weighted by atomic mass is 10.2. The summed E-state index contributed by atoms with van der Waals surface area (Å²) >= 11 is 0. The van der Waals surface area contributed by atoms with Crippen molar-refractivity contribution in [2.45, 2.75) is 18.9 Å². The molecule has 22 heavy (non-hydrogen) atoms. The second-order valence-electron chi connectivity index (χ2n) is 5.22. The molecule has 1 saturated heterocycles. The van der Waals surface area contributed by atoms with Gasteiger partial charge in [-0.15, -0.1) is 0 Å². The number of hydrogen-bond acceptors (Lipinski definition) is 4. The third kappa shape index (κ3) is 3.43. The molecule has 1 unspecified atom stereocenters. The van der Waals surface area contributed by atoms with Crippen molar-refractivity contribution in [3.8, 4) is 0 Å². The summed E-state index contributed by atoms with van der Waals surface area (Å²) in [4.78, 5) is 23.7. The first kappa shape index (κ1) is 14.5. The fraction of sp³-hybridized carbons (Fsp3) is 0.400. The molecule has 2 aromatic rings. The fourth-order valence-electron chi connectivity index (χ4n) is 2.40. The molecule has 0 saturated carbocycles. The lowest BCUT2D eigenvalue weighted by Gasteiger charge is -2.10. The molecule has 1 atom stereocenters. The van der Waals surface area contributed by atoms with Gasteiger partial charge in [0, 0.05) is 19.3 Å². The molecular formula is C15H18N4O3. The second kappa shape index (κ2) is 6.57. The van der Waals surface area contributed by atoms with Crippen molar-refractivity contribution in [3.05, 3.63) is 36.2 Å². The number of amides is 2. The number of fused-ring (bicyclic) bond motifs is 1. The van der Waals surface area contributed by atoms with E-state index in [2.05, 4.69) is 15.7 Å². The summed E-state index contributed by atoms with van der Waals surface area (Å²) in [5, 5.41) is 9.47. The smallest absolute Gasteiger partial charge is 0.272 e. The number of nitrogens with one attached hydrogen (secondary N) is 2. The van der Waals surface area contributed by atoms with Crippen LogP contribution >= 0.6 is 0 Å². The summed E-state index contributed by atoms with van der Waals surface area (Å²) in [7, 11) is 0. The average Bonchev–Trinajstić information content (AvgIpc) is 3.19. The van der Waals surface area contributed by atoms with Crippen LogP contribution in [0.25, 0.3) is 5.52 Å². The van der Waals surface area contributed by atoms with Crippen molar-refractivity contribution >= 4 is 17.3 Å². The Labute approximate surface area is 127 Å². The first-order valence-corrected chi connectivity index (χ1v) is 7.33. The Balaban J connectivity index is 1.47. The predicted octanol–water partition coefficient (Wildman–Crippen LogP) is 0.359. The lowest BCUT2D eigenvalue weighted by molar-refractivity contribution is -0.120. The van der Waals surface area contributed by atoms with Crippen LogP contribution in [0.2, 0.25) is 0 Å². The molecule has 3 rings (SSSR count). The minimum Gasteiger partial charge on any atom is -0.376 e. The van der Waals surface area contributed by atoms with Gasteiger partial charge in [-0.1, -0.05) is 6.07 Å². The van der Waals surface area contributed by atoms with Gasteiger partial charge in [-0.2, -0.15) is 5.10 Å². The van der Waals surface area contributed by atoms with Crippen molar-refractivity contribution in [2.75, 3.05) is 19.7 Å². The van der Waals surface area contributed by atoms with Crippen LogP contribution < -0.4 is 10.6 Å². The Morgan fingerprint density at radius 3 is 3.05 bits per heavy atom. The summed E-state index contributed by atoms with van der Waals surface area (Å²) in [6, 6.07) is 7.25. The number of rotatable bonds is 5. The lowest BCUT2D eigenvalue weighted by Crippen LogP contribution is -2.40. The van der Waals surface area contributed by atoms with E-state index in [0.717, 1.165) is 25.0 Å². The highest BCUT2D eigenvalue weighted by molar-refractivity contribution is 5.95. The molecule has 0 aromatic carbocycles. The summed E-state index contributed by atoms with van der Waals surface area (Å²) in [6.07, 6.45) is 3.86. The van der Waals surface area contributed by atoms with Crippen molar-refractivity contribution < 1.29 is 14.3 Å². The van der Waals surface area contributed by atoms with E-state index in [1.807, 2.05) is 18.2 Å². The molecule has 7 nitrogen and oxygen atoms in total. The minimum absolute atomic E-state index is 0.0700. The van der Waals surface area contributed by atoms with E-state index in [9.17, 15) is 9.59 Å². The van der Waals surface area contributed by atoms with Crippen LogP contribution in [0.5, 0.6) is 0 Å². The third-order valence-corrected chi connectivity index (χ3v) is 3.56. The molecule has 1 aliphatic heterocycles. The molecule has 0 radical (unpaired) electrons. The van der Waals surface area contributed by atoms with Gasteiger partial charge in [0.05, 0.1) is 18.2 Å². The summed E-state index contributed by atoms with van der Waals surface area (Å²) in [5.41, 5.74) is 1.12. The molecule has 0 spiro atoms. The molecule has 1 fully saturated rings. The highest BCUT2D eigenvalue weighted by atomic mass is 16.5. The number of ether oxygens (including phenoxy) is 1. The Kier molecular flexibility index (Phi) is 4.34. The van der Waals surface area contributed by atoms with E-state index in [0.29, 0.717) is 6.54 Å². The molecule has 0 bridgehead atoms. The first-order valence-electron chi connectivity index (χ1n) is 7.33. The number of nitrogens with zero attached hydrogens (tertiary/aromatic N) is 2. The van der Waals surface area contributed by atoms with Crippen LogP contribution in [0.1, 0.15) is 23.3 Å². The number of pyridine rings is 1. The van der Waals surface area contributed by atoms with Gasteiger partial charge < -0.3 is 15.4 Å². The SMILES string of the molecule is O=C(CNC(=O)c1cc2ccccn2n1)NCC1CCCO1. The van der Waals surface area contributed by atoms with Crippen molar-refractivity contribution in [1.29, 1.82) is 0 Å². The quantitative estimate of drug-likeness (QED) is 0.835. The van der Waals surface area contributed by atoms with E-state index in [4.69, 9.17) is 4.74 Å². The second-order valence-corrected chi connectivity index (χ2v) is 5.22. The Hall–Kier alpha value is -2.41. The van der Waals surface area contributed by atoms with Gasteiger partial charge >= 0.3 is 0 Å². The zero-order valence-corrected chi connectivity index (χ0v) is 12.1. The summed E-state index contributed by atoms with van der Waals surface area (Å²) < 4.78 is 7.03. The zero-order valence-electron chi connectivity index (χ0n) is 12.1.